The molecule has 2 heterocycles. The summed E-state index contributed by atoms with van der Waals surface area (Å²) in [5, 5.41) is 12.2. The van der Waals surface area contributed by atoms with E-state index in [1.165, 1.54) is 12.1 Å². The number of nitrogens with zero attached hydrogens (tertiary/aromatic N) is 3. The molecular weight excluding hydrogens is 510 g/mol. The molecule has 0 saturated carbocycles. The number of hydrogen-bond donors (Lipinski definition) is 0. The van der Waals surface area contributed by atoms with E-state index in [4.69, 9.17) is 9.47 Å². The van der Waals surface area contributed by atoms with Crippen LogP contribution < -0.4 is 4.74 Å². The third kappa shape index (κ3) is 5.38. The number of imide groups is 1. The molecule has 38 heavy (non-hydrogen) atoms. The van der Waals surface area contributed by atoms with Crippen molar-refractivity contribution in [3.63, 3.8) is 0 Å². The van der Waals surface area contributed by atoms with E-state index in [0.29, 0.717) is 37.6 Å². The molecular formula is C27H23N3O7S. The average molecular weight is 534 g/mol. The van der Waals surface area contributed by atoms with Crippen molar-refractivity contribution in [3.8, 4) is 5.75 Å². The molecule has 0 radical (unpaired) electrons. The minimum atomic E-state index is -0.532. The van der Waals surface area contributed by atoms with E-state index in [9.17, 15) is 24.5 Å². The van der Waals surface area contributed by atoms with Gasteiger partial charge in [-0.05, 0) is 52.4 Å². The molecule has 10 nitrogen and oxygen atoms in total. The van der Waals surface area contributed by atoms with Crippen LogP contribution in [0.25, 0.3) is 16.8 Å². The van der Waals surface area contributed by atoms with E-state index in [2.05, 4.69) is 0 Å². The van der Waals surface area contributed by atoms with Gasteiger partial charge in [-0.3, -0.25) is 29.4 Å². The second-order valence-corrected chi connectivity index (χ2v) is 9.66. The minimum Gasteiger partial charge on any atom is -0.488 e. The molecule has 0 aromatic heterocycles. The van der Waals surface area contributed by atoms with E-state index in [1.54, 1.807) is 29.2 Å². The summed E-state index contributed by atoms with van der Waals surface area (Å²) in [5.74, 6) is -0.344. The summed E-state index contributed by atoms with van der Waals surface area (Å²) >= 11 is 0.785. The maximum atomic E-state index is 13.2. The normalized spacial score (nSPS) is 16.9. The van der Waals surface area contributed by atoms with E-state index in [0.717, 1.165) is 33.0 Å². The van der Waals surface area contributed by atoms with Gasteiger partial charge in [0.1, 0.15) is 18.9 Å². The van der Waals surface area contributed by atoms with Gasteiger partial charge in [0.05, 0.1) is 23.0 Å². The predicted molar refractivity (Wildman–Crippen MR) is 141 cm³/mol. The van der Waals surface area contributed by atoms with E-state index < -0.39 is 16.1 Å². The van der Waals surface area contributed by atoms with Crippen LogP contribution in [0.15, 0.2) is 65.6 Å². The van der Waals surface area contributed by atoms with Crippen molar-refractivity contribution in [3.05, 3.63) is 86.8 Å². The van der Waals surface area contributed by atoms with Gasteiger partial charge in [-0.1, -0.05) is 30.3 Å². The molecule has 3 amide bonds. The van der Waals surface area contributed by atoms with Crippen molar-refractivity contribution in [1.29, 1.82) is 0 Å². The fourth-order valence-electron chi connectivity index (χ4n) is 4.24. The number of thioether (sulfide) groups is 1. The lowest BCUT2D eigenvalue weighted by molar-refractivity contribution is -0.384. The Hall–Kier alpha value is -4.22. The Labute approximate surface area is 221 Å². The standard InChI is InChI=1S/C27H23N3O7S/c31-25(28-11-13-36-14-12-28)16-29-26(32)24(38-27(29)33)15-22-21-4-2-1-3-19(21)7-10-23(22)37-17-18-5-8-20(9-6-18)30(34)35/h1-10,15H,11-14,16-17H2/b24-15+. The molecule has 0 unspecified atom stereocenters. The number of amides is 3. The molecule has 2 saturated heterocycles. The average Bonchev–Trinajstić information content (AvgIpc) is 3.20. The molecule has 2 fully saturated rings. The Kier molecular flexibility index (Phi) is 7.38. The number of morpholine rings is 1. The highest BCUT2D eigenvalue weighted by atomic mass is 32.2. The largest absolute Gasteiger partial charge is 0.488 e. The Balaban J connectivity index is 1.40. The molecule has 0 bridgehead atoms. The number of nitro groups is 1. The second-order valence-electron chi connectivity index (χ2n) is 8.67. The number of fused-ring (bicyclic) bond motifs is 1. The Morgan fingerprint density at radius 1 is 1.05 bits per heavy atom. The quantitative estimate of drug-likeness (QED) is 0.252. The second kappa shape index (κ2) is 11.0. The molecule has 194 valence electrons. The van der Waals surface area contributed by atoms with Crippen molar-refractivity contribution >= 4 is 51.4 Å². The zero-order valence-electron chi connectivity index (χ0n) is 20.2. The van der Waals surface area contributed by atoms with E-state index in [-0.39, 0.29) is 29.7 Å². The summed E-state index contributed by atoms with van der Waals surface area (Å²) in [6.07, 6.45) is 1.62. The van der Waals surface area contributed by atoms with Crippen LogP contribution in [0.2, 0.25) is 0 Å². The number of carbonyl (C=O) groups excluding carboxylic acids is 3. The summed E-state index contributed by atoms with van der Waals surface area (Å²) in [4.78, 5) is 51.7. The summed E-state index contributed by atoms with van der Waals surface area (Å²) in [6, 6.07) is 17.3. The van der Waals surface area contributed by atoms with Gasteiger partial charge in [0.25, 0.3) is 16.8 Å². The number of hydrogen-bond acceptors (Lipinski definition) is 8. The molecule has 0 spiro atoms. The zero-order chi connectivity index (χ0) is 26.6. The third-order valence-electron chi connectivity index (χ3n) is 6.28. The minimum absolute atomic E-state index is 0.0111. The van der Waals surface area contributed by atoms with Crippen molar-refractivity contribution in [1.82, 2.24) is 9.80 Å². The van der Waals surface area contributed by atoms with Crippen LogP contribution in [0.5, 0.6) is 5.75 Å². The van der Waals surface area contributed by atoms with E-state index >= 15 is 0 Å². The molecule has 11 heteroatoms. The summed E-state index contributed by atoms with van der Waals surface area (Å²) in [6.45, 7) is 1.54. The van der Waals surface area contributed by atoms with Gasteiger partial charge >= 0.3 is 0 Å². The Bertz CT molecular complexity index is 1450. The lowest BCUT2D eigenvalue weighted by atomic mass is 10.0. The first kappa shape index (κ1) is 25.4. The maximum absolute atomic E-state index is 13.2. The number of rotatable bonds is 7. The van der Waals surface area contributed by atoms with Crippen molar-refractivity contribution in [2.75, 3.05) is 32.8 Å². The first-order valence-electron chi connectivity index (χ1n) is 11.9. The van der Waals surface area contributed by atoms with Crippen LogP contribution in [0.4, 0.5) is 10.5 Å². The molecule has 3 aromatic carbocycles. The number of benzene rings is 3. The topological polar surface area (TPSA) is 119 Å². The lowest BCUT2D eigenvalue weighted by Gasteiger charge is -2.28. The van der Waals surface area contributed by atoms with Crippen LogP contribution >= 0.6 is 11.8 Å². The smallest absolute Gasteiger partial charge is 0.294 e. The molecule has 0 N–H and O–H groups in total. The van der Waals surface area contributed by atoms with Crippen molar-refractivity contribution < 1.29 is 28.8 Å². The Morgan fingerprint density at radius 2 is 1.79 bits per heavy atom. The first-order valence-corrected chi connectivity index (χ1v) is 12.7. The highest BCUT2D eigenvalue weighted by Crippen LogP contribution is 2.37. The monoisotopic (exact) mass is 533 g/mol. The van der Waals surface area contributed by atoms with Crippen LogP contribution in [0.1, 0.15) is 11.1 Å². The van der Waals surface area contributed by atoms with Gasteiger partial charge in [-0.25, -0.2) is 0 Å². The van der Waals surface area contributed by atoms with Gasteiger partial charge in [-0.15, -0.1) is 0 Å². The number of nitro benzene ring substituents is 1. The highest BCUT2D eigenvalue weighted by molar-refractivity contribution is 8.18. The molecule has 2 aliphatic rings. The maximum Gasteiger partial charge on any atom is 0.294 e. The van der Waals surface area contributed by atoms with Crippen LogP contribution in [-0.4, -0.2) is 64.6 Å². The van der Waals surface area contributed by atoms with Gasteiger partial charge in [0, 0.05) is 30.8 Å². The van der Waals surface area contributed by atoms with Crippen LogP contribution in [-0.2, 0) is 20.9 Å². The molecule has 0 atom stereocenters. The molecule has 5 rings (SSSR count). The van der Waals surface area contributed by atoms with Crippen LogP contribution in [0, 0.1) is 10.1 Å². The van der Waals surface area contributed by atoms with Gasteiger partial charge in [0.2, 0.25) is 5.91 Å². The number of carbonyl (C=O) groups is 3. The van der Waals surface area contributed by atoms with Crippen molar-refractivity contribution in [2.24, 2.45) is 0 Å². The third-order valence-corrected chi connectivity index (χ3v) is 7.19. The van der Waals surface area contributed by atoms with E-state index in [1.807, 2.05) is 30.3 Å². The van der Waals surface area contributed by atoms with Crippen molar-refractivity contribution in [2.45, 2.75) is 6.61 Å². The van der Waals surface area contributed by atoms with Gasteiger partial charge in [0.15, 0.2) is 0 Å². The molecule has 0 aliphatic carbocycles. The highest BCUT2D eigenvalue weighted by Gasteiger charge is 2.37. The molecule has 2 aliphatic heterocycles. The number of ether oxygens (including phenoxy) is 2. The molecule has 3 aromatic rings. The first-order chi connectivity index (χ1) is 18.4. The van der Waals surface area contributed by atoms with Gasteiger partial charge in [-0.2, -0.15) is 0 Å². The van der Waals surface area contributed by atoms with Crippen LogP contribution in [0.3, 0.4) is 0 Å². The predicted octanol–water partition coefficient (Wildman–Crippen LogP) is 4.22. The Morgan fingerprint density at radius 3 is 2.53 bits per heavy atom. The summed E-state index contributed by atoms with van der Waals surface area (Å²) < 4.78 is 11.3. The fourth-order valence-corrected chi connectivity index (χ4v) is 5.06. The lowest BCUT2D eigenvalue weighted by Crippen LogP contribution is -2.46. The fraction of sp³-hybridized carbons (Fsp3) is 0.222. The SMILES string of the molecule is O=C(CN1C(=O)S/C(=C/c2c(OCc3ccc([N+](=O)[O-])cc3)ccc3ccccc23)C1=O)N1CCOCC1. The zero-order valence-corrected chi connectivity index (χ0v) is 21.0. The summed E-state index contributed by atoms with van der Waals surface area (Å²) in [7, 11) is 0. The summed E-state index contributed by atoms with van der Waals surface area (Å²) in [5.41, 5.74) is 1.34. The van der Waals surface area contributed by atoms with Gasteiger partial charge < -0.3 is 14.4 Å². The number of non-ortho nitro benzene ring substituents is 1.